The summed E-state index contributed by atoms with van der Waals surface area (Å²) in [6.07, 6.45) is 3.12. The van der Waals surface area contributed by atoms with Gasteiger partial charge < -0.3 is 22.9 Å². The molecule has 1 amide bonds. The minimum Gasteiger partial charge on any atom is -0.486 e. The second-order valence-electron chi connectivity index (χ2n) is 6.33. The molecular weight excluding hydrogens is 377 g/mol. The fourth-order valence-corrected chi connectivity index (χ4v) is 2.79. The third-order valence-electron chi connectivity index (χ3n) is 4.21. The predicted molar refractivity (Wildman–Crippen MR) is 100 cm³/mol. The van der Waals surface area contributed by atoms with E-state index in [4.69, 9.17) is 18.0 Å². The van der Waals surface area contributed by atoms with Gasteiger partial charge in [0.2, 0.25) is 0 Å². The molecule has 0 aliphatic rings. The van der Waals surface area contributed by atoms with E-state index in [1.165, 1.54) is 24.3 Å². The maximum Gasteiger partial charge on any atom is 0.290 e. The number of hydrogen-bond acceptors (Lipinski definition) is 5. The Kier molecular flexibility index (Phi) is 5.47. The number of ether oxygens (including phenoxy) is 1. The summed E-state index contributed by atoms with van der Waals surface area (Å²) in [4.78, 5) is 14.6. The lowest BCUT2D eigenvalue weighted by molar-refractivity contribution is 0.0668. The Morgan fingerprint density at radius 1 is 0.862 bits per heavy atom. The van der Waals surface area contributed by atoms with Gasteiger partial charge in [0, 0.05) is 0 Å². The number of benzene rings is 1. The molecule has 0 saturated carbocycles. The molecule has 6 nitrogen and oxygen atoms in total. The van der Waals surface area contributed by atoms with Gasteiger partial charge >= 0.3 is 0 Å². The summed E-state index contributed by atoms with van der Waals surface area (Å²) < 4.78 is 34.9. The number of furan rings is 3. The van der Waals surface area contributed by atoms with Gasteiger partial charge in [0.15, 0.2) is 5.76 Å². The zero-order chi connectivity index (χ0) is 20.1. The van der Waals surface area contributed by atoms with Crippen molar-refractivity contribution in [3.63, 3.8) is 0 Å². The first-order valence-corrected chi connectivity index (χ1v) is 8.98. The van der Waals surface area contributed by atoms with E-state index < -0.39 is 0 Å². The number of nitrogens with zero attached hydrogens (tertiary/aromatic N) is 1. The molecular formula is C22H18FNO5. The molecule has 0 spiro atoms. The number of hydrogen-bond donors (Lipinski definition) is 0. The van der Waals surface area contributed by atoms with Gasteiger partial charge in [0.25, 0.3) is 5.91 Å². The van der Waals surface area contributed by atoms with E-state index in [0.717, 1.165) is 0 Å². The van der Waals surface area contributed by atoms with E-state index in [0.29, 0.717) is 23.0 Å². The van der Waals surface area contributed by atoms with E-state index in [1.54, 1.807) is 53.8 Å². The van der Waals surface area contributed by atoms with E-state index in [9.17, 15) is 9.18 Å². The third-order valence-corrected chi connectivity index (χ3v) is 4.21. The van der Waals surface area contributed by atoms with Crippen LogP contribution in [0.4, 0.5) is 4.39 Å². The summed E-state index contributed by atoms with van der Waals surface area (Å²) in [5.74, 6) is 1.83. The van der Waals surface area contributed by atoms with Crippen LogP contribution in [0, 0.1) is 5.82 Å². The van der Waals surface area contributed by atoms with Gasteiger partial charge in [-0.2, -0.15) is 0 Å². The number of carbonyl (C=O) groups is 1. The smallest absolute Gasteiger partial charge is 0.290 e. The molecule has 1 aromatic carbocycles. The second kappa shape index (κ2) is 8.52. The fraction of sp³-hybridized carbons (Fsp3) is 0.136. The summed E-state index contributed by atoms with van der Waals surface area (Å²) in [5, 5.41) is 0. The highest BCUT2D eigenvalue weighted by Crippen LogP contribution is 2.19. The van der Waals surface area contributed by atoms with Crippen LogP contribution in [0.3, 0.4) is 0 Å². The van der Waals surface area contributed by atoms with Crippen LogP contribution in [0.1, 0.15) is 27.8 Å². The number of halogens is 1. The molecule has 0 bridgehead atoms. The van der Waals surface area contributed by atoms with Crippen LogP contribution in [0.25, 0.3) is 0 Å². The molecule has 3 aromatic heterocycles. The minimum absolute atomic E-state index is 0.120. The van der Waals surface area contributed by atoms with Crippen molar-refractivity contribution in [3.8, 4) is 5.75 Å². The first-order chi connectivity index (χ1) is 14.2. The Hall–Kier alpha value is -3.74. The van der Waals surface area contributed by atoms with Gasteiger partial charge in [-0.05, 0) is 60.7 Å². The second-order valence-corrected chi connectivity index (χ2v) is 6.33. The molecule has 3 heterocycles. The van der Waals surface area contributed by atoms with Crippen molar-refractivity contribution in [1.29, 1.82) is 0 Å². The average Bonchev–Trinajstić information content (AvgIpc) is 3.49. The van der Waals surface area contributed by atoms with Gasteiger partial charge in [-0.1, -0.05) is 0 Å². The average molecular weight is 395 g/mol. The summed E-state index contributed by atoms with van der Waals surface area (Å²) in [7, 11) is 0. The maximum absolute atomic E-state index is 13.0. The Labute approximate surface area is 166 Å². The molecule has 0 aliphatic carbocycles. The number of amides is 1. The normalized spacial score (nSPS) is 10.8. The topological polar surface area (TPSA) is 69.0 Å². The van der Waals surface area contributed by atoms with Crippen LogP contribution in [0.5, 0.6) is 5.75 Å². The quantitative estimate of drug-likeness (QED) is 0.419. The zero-order valence-electron chi connectivity index (χ0n) is 15.4. The molecule has 0 N–H and O–H groups in total. The van der Waals surface area contributed by atoms with Crippen molar-refractivity contribution in [3.05, 3.63) is 102 Å². The van der Waals surface area contributed by atoms with Gasteiger partial charge in [-0.15, -0.1) is 0 Å². The first kappa shape index (κ1) is 18.6. The lowest BCUT2D eigenvalue weighted by Gasteiger charge is -2.19. The predicted octanol–water partition coefficient (Wildman–Crippen LogP) is 5.03. The van der Waals surface area contributed by atoms with Gasteiger partial charge in [0.1, 0.15) is 35.5 Å². The van der Waals surface area contributed by atoms with E-state index in [1.807, 2.05) is 0 Å². The van der Waals surface area contributed by atoms with Crippen molar-refractivity contribution in [1.82, 2.24) is 4.90 Å². The largest absolute Gasteiger partial charge is 0.486 e. The van der Waals surface area contributed by atoms with Crippen molar-refractivity contribution in [2.24, 2.45) is 0 Å². The summed E-state index contributed by atoms with van der Waals surface area (Å²) >= 11 is 0. The van der Waals surface area contributed by atoms with E-state index in [-0.39, 0.29) is 37.2 Å². The number of carbonyl (C=O) groups excluding carboxylic acids is 1. The zero-order valence-corrected chi connectivity index (χ0v) is 15.4. The van der Waals surface area contributed by atoms with Crippen molar-refractivity contribution in [2.75, 3.05) is 0 Å². The Morgan fingerprint density at radius 2 is 1.52 bits per heavy atom. The van der Waals surface area contributed by atoms with Crippen LogP contribution in [0.2, 0.25) is 0 Å². The molecule has 0 radical (unpaired) electrons. The maximum atomic E-state index is 13.0. The molecule has 4 rings (SSSR count). The molecule has 148 valence electrons. The van der Waals surface area contributed by atoms with E-state index >= 15 is 0 Å². The Bertz CT molecular complexity index is 999. The van der Waals surface area contributed by atoms with Crippen LogP contribution in [0.15, 0.2) is 86.4 Å². The highest BCUT2D eigenvalue weighted by atomic mass is 19.1. The van der Waals surface area contributed by atoms with Crippen molar-refractivity contribution < 1.29 is 27.2 Å². The highest BCUT2D eigenvalue weighted by Gasteiger charge is 2.22. The van der Waals surface area contributed by atoms with Crippen LogP contribution >= 0.6 is 0 Å². The monoisotopic (exact) mass is 395 g/mol. The Balaban J connectivity index is 1.44. The molecule has 0 saturated heterocycles. The van der Waals surface area contributed by atoms with Crippen molar-refractivity contribution >= 4 is 5.91 Å². The van der Waals surface area contributed by atoms with Crippen molar-refractivity contribution in [2.45, 2.75) is 19.7 Å². The molecule has 0 aliphatic heterocycles. The Morgan fingerprint density at radius 3 is 2.10 bits per heavy atom. The molecule has 0 fully saturated rings. The molecule has 7 heteroatoms. The lowest BCUT2D eigenvalue weighted by atomic mass is 10.3. The van der Waals surface area contributed by atoms with Crippen LogP contribution < -0.4 is 4.74 Å². The molecule has 0 atom stereocenters. The van der Waals surface area contributed by atoms with Crippen LogP contribution in [-0.4, -0.2) is 10.8 Å². The first-order valence-electron chi connectivity index (χ1n) is 8.98. The molecule has 29 heavy (non-hydrogen) atoms. The SMILES string of the molecule is O=C(c1ccc(COc2ccc(F)cc2)o1)N(Cc1ccco1)Cc1ccco1. The summed E-state index contributed by atoms with van der Waals surface area (Å²) in [6, 6.07) is 16.1. The molecule has 4 aromatic rings. The summed E-state index contributed by atoms with van der Waals surface area (Å²) in [5.41, 5.74) is 0. The fourth-order valence-electron chi connectivity index (χ4n) is 2.79. The standard InChI is InChI=1S/C22H18FNO5/c23-16-5-7-17(8-6-16)28-15-20-9-10-21(29-20)22(25)24(13-18-3-1-11-26-18)14-19-4-2-12-27-19/h1-12H,13-15H2. The number of rotatable bonds is 8. The minimum atomic E-state index is -0.337. The van der Waals surface area contributed by atoms with Gasteiger partial charge in [0.05, 0.1) is 25.6 Å². The highest BCUT2D eigenvalue weighted by molar-refractivity contribution is 5.91. The lowest BCUT2D eigenvalue weighted by Crippen LogP contribution is -2.29. The molecule has 0 unspecified atom stereocenters. The van der Waals surface area contributed by atoms with Gasteiger partial charge in [-0.25, -0.2) is 4.39 Å². The third kappa shape index (κ3) is 4.76. The van der Waals surface area contributed by atoms with Gasteiger partial charge in [-0.3, -0.25) is 4.79 Å². The van der Waals surface area contributed by atoms with E-state index in [2.05, 4.69) is 0 Å². The van der Waals surface area contributed by atoms with Crippen LogP contribution in [-0.2, 0) is 19.7 Å². The summed E-state index contributed by atoms with van der Waals surface area (Å²) in [6.45, 7) is 0.665.